The molecule has 0 aliphatic carbocycles. The van der Waals surface area contributed by atoms with Crippen LogP contribution in [0, 0.1) is 0 Å². The molecule has 0 atom stereocenters. The highest BCUT2D eigenvalue weighted by atomic mass is 35.5. The summed E-state index contributed by atoms with van der Waals surface area (Å²) in [5.41, 5.74) is 3.07. The van der Waals surface area contributed by atoms with Crippen molar-refractivity contribution >= 4 is 29.0 Å². The average molecular weight is 339 g/mol. The molecule has 3 rings (SSSR count). The molecule has 0 aliphatic rings. The van der Waals surface area contributed by atoms with Gasteiger partial charge in [-0.05, 0) is 41.5 Å². The molecule has 120 valence electrons. The molecule has 3 N–H and O–H groups in total. The summed E-state index contributed by atoms with van der Waals surface area (Å²) >= 11 is 5.85. The number of amides is 2. The number of phenols is 1. The van der Waals surface area contributed by atoms with Crippen LogP contribution < -0.4 is 10.6 Å². The molecule has 0 unspecified atom stereocenters. The van der Waals surface area contributed by atoms with Crippen LogP contribution >= 0.6 is 11.6 Å². The third-order valence-corrected chi connectivity index (χ3v) is 3.69. The van der Waals surface area contributed by atoms with Crippen LogP contribution in [0.25, 0.3) is 11.1 Å². The smallest absolute Gasteiger partial charge is 0.323 e. The van der Waals surface area contributed by atoms with Crippen molar-refractivity contribution in [3.63, 3.8) is 0 Å². The Labute approximate surface area is 144 Å². The van der Waals surface area contributed by atoms with Crippen LogP contribution in [0.4, 0.5) is 16.2 Å². The fourth-order valence-electron chi connectivity index (χ4n) is 2.27. The maximum Gasteiger partial charge on any atom is 0.323 e. The van der Waals surface area contributed by atoms with Gasteiger partial charge in [-0.1, -0.05) is 54.1 Å². The molecule has 4 nitrogen and oxygen atoms in total. The minimum atomic E-state index is -0.458. The zero-order valence-electron chi connectivity index (χ0n) is 12.7. The Morgan fingerprint density at radius 2 is 1.50 bits per heavy atom. The lowest BCUT2D eigenvalue weighted by molar-refractivity contribution is 0.262. The van der Waals surface area contributed by atoms with Gasteiger partial charge in [-0.25, -0.2) is 4.79 Å². The van der Waals surface area contributed by atoms with E-state index in [-0.39, 0.29) is 11.4 Å². The van der Waals surface area contributed by atoms with E-state index in [1.165, 1.54) is 12.1 Å². The lowest BCUT2D eigenvalue weighted by Crippen LogP contribution is -2.19. The molecule has 0 bridgehead atoms. The van der Waals surface area contributed by atoms with E-state index in [0.29, 0.717) is 10.7 Å². The van der Waals surface area contributed by atoms with Crippen molar-refractivity contribution < 1.29 is 9.90 Å². The Morgan fingerprint density at radius 3 is 2.21 bits per heavy atom. The van der Waals surface area contributed by atoms with E-state index in [2.05, 4.69) is 10.6 Å². The summed E-state index contributed by atoms with van der Waals surface area (Å²) in [6, 6.07) is 21.5. The van der Waals surface area contributed by atoms with Crippen LogP contribution in [-0.2, 0) is 0 Å². The maximum absolute atomic E-state index is 12.0. The fraction of sp³-hybridized carbons (Fsp3) is 0. The summed E-state index contributed by atoms with van der Waals surface area (Å²) in [5, 5.41) is 15.4. The van der Waals surface area contributed by atoms with Crippen molar-refractivity contribution in [2.75, 3.05) is 10.6 Å². The number of hydrogen-bond donors (Lipinski definition) is 3. The molecule has 5 heteroatoms. The van der Waals surface area contributed by atoms with Crippen molar-refractivity contribution in [2.45, 2.75) is 0 Å². The third kappa shape index (κ3) is 3.86. The number of aromatic hydroxyl groups is 1. The molecule has 0 saturated heterocycles. The number of nitrogens with one attached hydrogen (secondary N) is 2. The summed E-state index contributed by atoms with van der Waals surface area (Å²) in [4.78, 5) is 12.0. The number of hydrogen-bond acceptors (Lipinski definition) is 2. The van der Waals surface area contributed by atoms with Crippen LogP contribution in [0.3, 0.4) is 0 Å². The van der Waals surface area contributed by atoms with E-state index < -0.39 is 6.03 Å². The number of anilines is 2. The highest BCUT2D eigenvalue weighted by Gasteiger charge is 2.07. The largest absolute Gasteiger partial charge is 0.506 e. The fourth-order valence-corrected chi connectivity index (χ4v) is 2.44. The second-order valence-corrected chi connectivity index (χ2v) is 5.62. The van der Waals surface area contributed by atoms with Crippen LogP contribution in [0.15, 0.2) is 72.8 Å². The van der Waals surface area contributed by atoms with Gasteiger partial charge in [-0.3, -0.25) is 0 Å². The summed E-state index contributed by atoms with van der Waals surface area (Å²) in [5.74, 6) is -0.0472. The number of rotatable bonds is 3. The number of carbonyl (C=O) groups is 1. The predicted octanol–water partition coefficient (Wildman–Crippen LogP) is 5.36. The van der Waals surface area contributed by atoms with Crippen LogP contribution in [0.2, 0.25) is 5.02 Å². The lowest BCUT2D eigenvalue weighted by Gasteiger charge is -2.10. The van der Waals surface area contributed by atoms with E-state index in [9.17, 15) is 9.90 Å². The quantitative estimate of drug-likeness (QED) is 0.563. The van der Waals surface area contributed by atoms with Crippen molar-refractivity contribution in [3.8, 4) is 16.9 Å². The van der Waals surface area contributed by atoms with Gasteiger partial charge < -0.3 is 15.7 Å². The van der Waals surface area contributed by atoms with Gasteiger partial charge in [0, 0.05) is 10.7 Å². The standard InChI is InChI=1S/C19H15ClN2O2/c20-15-8-11-18(23)17(12-15)22-19(24)21-16-9-6-14(7-10-16)13-4-2-1-3-5-13/h1-12,23H,(H2,21,22,24). The van der Waals surface area contributed by atoms with E-state index in [1.54, 1.807) is 6.07 Å². The molecule has 3 aromatic carbocycles. The Hall–Kier alpha value is -2.98. The molecule has 0 aromatic heterocycles. The predicted molar refractivity (Wildman–Crippen MR) is 97.6 cm³/mol. The molecule has 0 aliphatic heterocycles. The first kappa shape index (κ1) is 15.9. The molecular formula is C19H15ClN2O2. The second kappa shape index (κ2) is 7.06. The van der Waals surface area contributed by atoms with Gasteiger partial charge in [0.15, 0.2) is 0 Å². The number of halogens is 1. The van der Waals surface area contributed by atoms with Crippen molar-refractivity contribution in [3.05, 3.63) is 77.8 Å². The van der Waals surface area contributed by atoms with Crippen LogP contribution in [0.5, 0.6) is 5.75 Å². The van der Waals surface area contributed by atoms with Gasteiger partial charge in [-0.15, -0.1) is 0 Å². The minimum absolute atomic E-state index is 0.0472. The monoisotopic (exact) mass is 338 g/mol. The topological polar surface area (TPSA) is 61.4 Å². The molecule has 0 heterocycles. The second-order valence-electron chi connectivity index (χ2n) is 5.18. The first-order chi connectivity index (χ1) is 11.6. The van der Waals surface area contributed by atoms with Crippen LogP contribution in [0.1, 0.15) is 0 Å². The number of urea groups is 1. The summed E-state index contributed by atoms with van der Waals surface area (Å²) in [6.07, 6.45) is 0. The molecule has 2 amide bonds. The van der Waals surface area contributed by atoms with Gasteiger partial charge in [0.2, 0.25) is 0 Å². The van der Waals surface area contributed by atoms with E-state index in [0.717, 1.165) is 11.1 Å². The molecule has 3 aromatic rings. The van der Waals surface area contributed by atoms with Gasteiger partial charge >= 0.3 is 6.03 Å². The SMILES string of the molecule is O=C(Nc1ccc(-c2ccccc2)cc1)Nc1cc(Cl)ccc1O. The third-order valence-electron chi connectivity index (χ3n) is 3.46. The Balaban J connectivity index is 1.67. The van der Waals surface area contributed by atoms with Gasteiger partial charge in [0.1, 0.15) is 5.75 Å². The number of benzene rings is 3. The average Bonchev–Trinajstić information content (AvgIpc) is 2.59. The zero-order valence-corrected chi connectivity index (χ0v) is 13.4. The molecule has 24 heavy (non-hydrogen) atoms. The molecule has 0 radical (unpaired) electrons. The molecule has 0 spiro atoms. The number of carbonyl (C=O) groups excluding carboxylic acids is 1. The minimum Gasteiger partial charge on any atom is -0.506 e. The first-order valence-corrected chi connectivity index (χ1v) is 7.71. The van der Waals surface area contributed by atoms with Crippen molar-refractivity contribution in [1.82, 2.24) is 0 Å². The number of phenolic OH excluding ortho intramolecular Hbond substituents is 1. The summed E-state index contributed by atoms with van der Waals surface area (Å²) < 4.78 is 0. The summed E-state index contributed by atoms with van der Waals surface area (Å²) in [6.45, 7) is 0. The van der Waals surface area contributed by atoms with Crippen molar-refractivity contribution in [1.29, 1.82) is 0 Å². The first-order valence-electron chi connectivity index (χ1n) is 7.34. The highest BCUT2D eigenvalue weighted by Crippen LogP contribution is 2.27. The van der Waals surface area contributed by atoms with Gasteiger partial charge in [0.05, 0.1) is 5.69 Å². The Kier molecular flexibility index (Phi) is 4.68. The summed E-state index contributed by atoms with van der Waals surface area (Å²) in [7, 11) is 0. The molecule has 0 fully saturated rings. The van der Waals surface area contributed by atoms with Crippen molar-refractivity contribution in [2.24, 2.45) is 0 Å². The normalized spacial score (nSPS) is 10.2. The van der Waals surface area contributed by atoms with E-state index in [4.69, 9.17) is 11.6 Å². The zero-order chi connectivity index (χ0) is 16.9. The Bertz CT molecular complexity index is 849. The van der Waals surface area contributed by atoms with E-state index >= 15 is 0 Å². The van der Waals surface area contributed by atoms with Crippen LogP contribution in [-0.4, -0.2) is 11.1 Å². The lowest BCUT2D eigenvalue weighted by atomic mass is 10.1. The van der Waals surface area contributed by atoms with Gasteiger partial charge in [0.25, 0.3) is 0 Å². The van der Waals surface area contributed by atoms with E-state index in [1.807, 2.05) is 54.6 Å². The molecule has 0 saturated carbocycles. The molecular weight excluding hydrogens is 324 g/mol. The van der Waals surface area contributed by atoms with Gasteiger partial charge in [-0.2, -0.15) is 0 Å². The Morgan fingerprint density at radius 1 is 0.833 bits per heavy atom. The highest BCUT2D eigenvalue weighted by molar-refractivity contribution is 6.31. The maximum atomic E-state index is 12.0.